The highest BCUT2D eigenvalue weighted by molar-refractivity contribution is 7.92. The van der Waals surface area contributed by atoms with Gasteiger partial charge in [-0.3, -0.25) is 9.10 Å². The molecule has 0 fully saturated rings. The van der Waals surface area contributed by atoms with E-state index in [9.17, 15) is 13.2 Å². The molecule has 1 N–H and O–H groups in total. The first-order valence-electron chi connectivity index (χ1n) is 9.51. The summed E-state index contributed by atoms with van der Waals surface area (Å²) in [5.74, 6) is 0.0995. The zero-order chi connectivity index (χ0) is 22.6. The summed E-state index contributed by atoms with van der Waals surface area (Å²) < 4.78 is 33.3. The molecule has 0 spiro atoms. The highest BCUT2D eigenvalue weighted by Crippen LogP contribution is 2.27. The maximum Gasteiger partial charge on any atom is 0.264 e. The highest BCUT2D eigenvalue weighted by Gasteiger charge is 2.28. The van der Waals surface area contributed by atoms with E-state index in [1.807, 2.05) is 6.92 Å². The number of aryl methyl sites for hydroxylation is 2. The quantitative estimate of drug-likeness (QED) is 0.551. The number of amides is 1. The van der Waals surface area contributed by atoms with Gasteiger partial charge in [-0.05, 0) is 67.4 Å². The highest BCUT2D eigenvalue weighted by atomic mass is 35.5. The summed E-state index contributed by atoms with van der Waals surface area (Å²) in [5.41, 5.74) is 2.41. The van der Waals surface area contributed by atoms with Crippen LogP contribution in [0.15, 0.2) is 71.6 Å². The second-order valence-corrected chi connectivity index (χ2v) is 9.28. The van der Waals surface area contributed by atoms with Crippen molar-refractivity contribution < 1.29 is 17.9 Å². The Kier molecular flexibility index (Phi) is 6.87. The molecule has 0 radical (unpaired) electrons. The maximum absolute atomic E-state index is 13.5. The number of sulfonamides is 1. The van der Waals surface area contributed by atoms with Crippen molar-refractivity contribution in [3.05, 3.63) is 82.9 Å². The molecule has 1 amide bonds. The molecule has 162 valence electrons. The van der Waals surface area contributed by atoms with Crippen LogP contribution in [0.1, 0.15) is 11.1 Å². The fraction of sp³-hybridized carbons (Fsp3) is 0.174. The summed E-state index contributed by atoms with van der Waals surface area (Å²) in [4.78, 5) is 12.9. The van der Waals surface area contributed by atoms with Crippen LogP contribution in [0.25, 0.3) is 0 Å². The number of nitrogens with zero attached hydrogens (tertiary/aromatic N) is 1. The second kappa shape index (κ2) is 9.41. The summed E-state index contributed by atoms with van der Waals surface area (Å²) in [6.07, 6.45) is 0. The van der Waals surface area contributed by atoms with E-state index < -0.39 is 22.5 Å². The first kappa shape index (κ1) is 22.7. The molecule has 3 rings (SSSR count). The minimum absolute atomic E-state index is 0.0707. The topological polar surface area (TPSA) is 75.7 Å². The fourth-order valence-electron chi connectivity index (χ4n) is 3.10. The fourth-order valence-corrected chi connectivity index (χ4v) is 4.78. The number of anilines is 2. The third-order valence-electron chi connectivity index (χ3n) is 4.76. The molecule has 0 saturated heterocycles. The van der Waals surface area contributed by atoms with Crippen molar-refractivity contribution in [2.24, 2.45) is 0 Å². The number of nitrogens with one attached hydrogen (secondary N) is 1. The molecule has 0 atom stereocenters. The number of benzene rings is 3. The van der Waals surface area contributed by atoms with Gasteiger partial charge >= 0.3 is 0 Å². The number of rotatable bonds is 7. The number of ether oxygens (including phenoxy) is 1. The minimum Gasteiger partial charge on any atom is -0.496 e. The third-order valence-corrected chi connectivity index (χ3v) is 6.76. The molecule has 0 aliphatic rings. The minimum atomic E-state index is -4.02. The van der Waals surface area contributed by atoms with Crippen LogP contribution in [0.3, 0.4) is 0 Å². The van der Waals surface area contributed by atoms with Crippen molar-refractivity contribution in [1.82, 2.24) is 0 Å². The number of carbonyl (C=O) groups is 1. The lowest BCUT2D eigenvalue weighted by Crippen LogP contribution is -2.38. The zero-order valence-corrected chi connectivity index (χ0v) is 19.0. The Morgan fingerprint density at radius 2 is 1.71 bits per heavy atom. The summed E-state index contributed by atoms with van der Waals surface area (Å²) in [5, 5.41) is 3.23. The SMILES string of the molecule is COc1ccc(S(=O)(=O)N(CC(=O)Nc2cc(Cl)ccc2C)c2ccccc2)cc1C. The van der Waals surface area contributed by atoms with Crippen LogP contribution < -0.4 is 14.4 Å². The number of halogens is 1. The number of hydrogen-bond donors (Lipinski definition) is 1. The van der Waals surface area contributed by atoms with Crippen LogP contribution in [0.2, 0.25) is 5.02 Å². The standard InChI is InChI=1S/C23H23ClN2O4S/c1-16-9-10-18(24)14-21(16)25-23(27)15-26(19-7-5-4-6-8-19)31(28,29)20-11-12-22(30-3)17(2)13-20/h4-14H,15H2,1-3H3,(H,25,27). The van der Waals surface area contributed by atoms with Crippen LogP contribution in [0, 0.1) is 13.8 Å². The van der Waals surface area contributed by atoms with E-state index in [2.05, 4.69) is 5.32 Å². The molecule has 3 aromatic carbocycles. The van der Waals surface area contributed by atoms with Crippen molar-refractivity contribution in [1.29, 1.82) is 0 Å². The lowest BCUT2D eigenvalue weighted by atomic mass is 10.2. The third kappa shape index (κ3) is 5.18. The number of hydrogen-bond acceptors (Lipinski definition) is 4. The number of carbonyl (C=O) groups excluding carboxylic acids is 1. The average molecular weight is 459 g/mol. The van der Waals surface area contributed by atoms with Crippen LogP contribution in [0.5, 0.6) is 5.75 Å². The predicted octanol–water partition coefficient (Wildman–Crippen LogP) is 4.80. The molecular formula is C23H23ClN2O4S. The average Bonchev–Trinajstić information content (AvgIpc) is 2.75. The first-order chi connectivity index (χ1) is 14.7. The van der Waals surface area contributed by atoms with Crippen LogP contribution >= 0.6 is 11.6 Å². The lowest BCUT2D eigenvalue weighted by Gasteiger charge is -2.24. The van der Waals surface area contributed by atoms with Crippen molar-refractivity contribution >= 4 is 38.9 Å². The first-order valence-corrected chi connectivity index (χ1v) is 11.3. The Balaban J connectivity index is 1.96. The number of para-hydroxylation sites is 1. The summed E-state index contributed by atoms with van der Waals surface area (Å²) in [6.45, 7) is 3.19. The van der Waals surface area contributed by atoms with Gasteiger partial charge in [0.05, 0.1) is 17.7 Å². The van der Waals surface area contributed by atoms with Gasteiger partial charge in [0, 0.05) is 10.7 Å². The molecule has 0 saturated carbocycles. The normalized spacial score (nSPS) is 11.1. The van der Waals surface area contributed by atoms with E-state index in [4.69, 9.17) is 16.3 Å². The van der Waals surface area contributed by atoms with E-state index in [1.54, 1.807) is 61.5 Å². The Morgan fingerprint density at radius 3 is 2.35 bits per heavy atom. The van der Waals surface area contributed by atoms with Gasteiger partial charge in [0.1, 0.15) is 12.3 Å². The van der Waals surface area contributed by atoms with Crippen LogP contribution in [0.4, 0.5) is 11.4 Å². The van der Waals surface area contributed by atoms with Crippen molar-refractivity contribution in [2.45, 2.75) is 18.7 Å². The van der Waals surface area contributed by atoms with Gasteiger partial charge < -0.3 is 10.1 Å². The summed E-state index contributed by atoms with van der Waals surface area (Å²) in [7, 11) is -2.49. The molecule has 31 heavy (non-hydrogen) atoms. The Morgan fingerprint density at radius 1 is 1.00 bits per heavy atom. The van der Waals surface area contributed by atoms with Gasteiger partial charge in [-0.1, -0.05) is 35.9 Å². The molecule has 0 aromatic heterocycles. The van der Waals surface area contributed by atoms with Gasteiger partial charge in [-0.2, -0.15) is 0 Å². The van der Waals surface area contributed by atoms with Gasteiger partial charge in [0.15, 0.2) is 0 Å². The van der Waals surface area contributed by atoms with Gasteiger partial charge in [0.25, 0.3) is 10.0 Å². The predicted molar refractivity (Wildman–Crippen MR) is 124 cm³/mol. The Bertz CT molecular complexity index is 1200. The van der Waals surface area contributed by atoms with E-state index in [0.29, 0.717) is 27.7 Å². The maximum atomic E-state index is 13.5. The molecule has 8 heteroatoms. The van der Waals surface area contributed by atoms with Gasteiger partial charge in [-0.25, -0.2) is 8.42 Å². The van der Waals surface area contributed by atoms with Crippen molar-refractivity contribution in [3.8, 4) is 5.75 Å². The molecule has 6 nitrogen and oxygen atoms in total. The van der Waals surface area contributed by atoms with Gasteiger partial charge in [0.2, 0.25) is 5.91 Å². The largest absolute Gasteiger partial charge is 0.496 e. The van der Waals surface area contributed by atoms with Crippen LogP contribution in [-0.4, -0.2) is 28.0 Å². The molecular weight excluding hydrogens is 436 g/mol. The monoisotopic (exact) mass is 458 g/mol. The Hall–Kier alpha value is -3.03. The second-order valence-electron chi connectivity index (χ2n) is 6.99. The van der Waals surface area contributed by atoms with Crippen LogP contribution in [-0.2, 0) is 14.8 Å². The molecule has 0 unspecified atom stereocenters. The zero-order valence-electron chi connectivity index (χ0n) is 17.4. The van der Waals surface area contributed by atoms with E-state index in [1.165, 1.54) is 19.2 Å². The van der Waals surface area contributed by atoms with Crippen molar-refractivity contribution in [3.63, 3.8) is 0 Å². The van der Waals surface area contributed by atoms with Crippen molar-refractivity contribution in [2.75, 3.05) is 23.3 Å². The molecule has 0 heterocycles. The molecule has 0 bridgehead atoms. The lowest BCUT2D eigenvalue weighted by molar-refractivity contribution is -0.114. The molecule has 3 aromatic rings. The van der Waals surface area contributed by atoms with E-state index >= 15 is 0 Å². The molecule has 0 aliphatic carbocycles. The summed E-state index contributed by atoms with van der Waals surface area (Å²) >= 11 is 6.03. The Labute approximate surface area is 187 Å². The van der Waals surface area contributed by atoms with E-state index in [-0.39, 0.29) is 4.90 Å². The summed E-state index contributed by atoms with van der Waals surface area (Å²) in [6, 6.07) is 18.2. The molecule has 0 aliphatic heterocycles. The van der Waals surface area contributed by atoms with E-state index in [0.717, 1.165) is 9.87 Å². The van der Waals surface area contributed by atoms with Gasteiger partial charge in [-0.15, -0.1) is 0 Å². The number of methoxy groups -OCH3 is 1. The smallest absolute Gasteiger partial charge is 0.264 e.